The minimum atomic E-state index is -4.63. The third-order valence-corrected chi connectivity index (χ3v) is 4.68. The number of sulfonamides is 1. The van der Waals surface area contributed by atoms with Crippen molar-refractivity contribution >= 4 is 21.6 Å². The molecule has 0 bridgehead atoms. The van der Waals surface area contributed by atoms with Gasteiger partial charge in [0.1, 0.15) is 0 Å². The van der Waals surface area contributed by atoms with Crippen LogP contribution in [0.1, 0.15) is 11.1 Å². The van der Waals surface area contributed by atoms with Crippen LogP contribution in [0.15, 0.2) is 53.4 Å². The molecule has 5 nitrogen and oxygen atoms in total. The SMILES string of the molecule is Cc1ccc(S(=O)(=O)NCC(=O)Nc2ccccc2C(F)(F)F)cc1. The quantitative estimate of drug-likeness (QED) is 0.847. The maximum Gasteiger partial charge on any atom is 0.418 e. The first-order valence-corrected chi connectivity index (χ1v) is 8.60. The Morgan fingerprint density at radius 2 is 1.64 bits per heavy atom. The number of anilines is 1. The van der Waals surface area contributed by atoms with Gasteiger partial charge in [-0.2, -0.15) is 13.2 Å². The molecule has 0 unspecified atom stereocenters. The monoisotopic (exact) mass is 372 g/mol. The van der Waals surface area contributed by atoms with Crippen molar-refractivity contribution in [2.75, 3.05) is 11.9 Å². The lowest BCUT2D eigenvalue weighted by atomic mass is 10.1. The molecule has 0 fully saturated rings. The van der Waals surface area contributed by atoms with Crippen LogP contribution in [0.25, 0.3) is 0 Å². The van der Waals surface area contributed by atoms with Gasteiger partial charge in [-0.3, -0.25) is 4.79 Å². The van der Waals surface area contributed by atoms with Gasteiger partial charge in [0.05, 0.1) is 22.7 Å². The lowest BCUT2D eigenvalue weighted by Crippen LogP contribution is -2.33. The van der Waals surface area contributed by atoms with Crippen LogP contribution in [0.4, 0.5) is 18.9 Å². The Kier molecular flexibility index (Phi) is 5.48. The van der Waals surface area contributed by atoms with Crippen molar-refractivity contribution in [2.45, 2.75) is 18.0 Å². The molecule has 25 heavy (non-hydrogen) atoms. The van der Waals surface area contributed by atoms with Crippen molar-refractivity contribution in [3.63, 3.8) is 0 Å². The maximum atomic E-state index is 12.9. The number of halogens is 3. The van der Waals surface area contributed by atoms with E-state index in [-0.39, 0.29) is 4.90 Å². The molecule has 0 spiro atoms. The third kappa shape index (κ3) is 5.04. The summed E-state index contributed by atoms with van der Waals surface area (Å²) in [4.78, 5) is 11.8. The molecule has 0 saturated carbocycles. The van der Waals surface area contributed by atoms with Gasteiger partial charge < -0.3 is 5.32 Å². The van der Waals surface area contributed by atoms with Crippen molar-refractivity contribution in [1.29, 1.82) is 0 Å². The average Bonchev–Trinajstić information content (AvgIpc) is 2.53. The molecule has 134 valence electrons. The Bertz CT molecular complexity index is 863. The summed E-state index contributed by atoms with van der Waals surface area (Å²) in [7, 11) is -3.94. The number of nitrogens with one attached hydrogen (secondary N) is 2. The lowest BCUT2D eigenvalue weighted by molar-refractivity contribution is -0.137. The number of carbonyl (C=O) groups is 1. The number of alkyl halides is 3. The van der Waals surface area contributed by atoms with Gasteiger partial charge in [-0.25, -0.2) is 13.1 Å². The molecular weight excluding hydrogens is 357 g/mol. The molecule has 1 amide bonds. The fourth-order valence-electron chi connectivity index (χ4n) is 2.00. The van der Waals surface area contributed by atoms with E-state index in [1.54, 1.807) is 19.1 Å². The van der Waals surface area contributed by atoms with Crippen molar-refractivity contribution < 1.29 is 26.4 Å². The summed E-state index contributed by atoms with van der Waals surface area (Å²) < 4.78 is 64.8. The van der Waals surface area contributed by atoms with Crippen molar-refractivity contribution in [3.05, 3.63) is 59.7 Å². The van der Waals surface area contributed by atoms with E-state index in [4.69, 9.17) is 0 Å². The minimum Gasteiger partial charge on any atom is -0.324 e. The van der Waals surface area contributed by atoms with Gasteiger partial charge in [-0.05, 0) is 31.2 Å². The summed E-state index contributed by atoms with van der Waals surface area (Å²) in [5.74, 6) is -0.910. The second-order valence-corrected chi connectivity index (χ2v) is 7.00. The number of hydrogen-bond donors (Lipinski definition) is 2. The van der Waals surface area contributed by atoms with Gasteiger partial charge in [-0.1, -0.05) is 29.8 Å². The number of amides is 1. The number of carbonyl (C=O) groups excluding carboxylic acids is 1. The molecule has 2 aromatic rings. The Balaban J connectivity index is 2.06. The van der Waals surface area contributed by atoms with Crippen molar-refractivity contribution in [2.24, 2.45) is 0 Å². The van der Waals surface area contributed by atoms with Crippen LogP contribution >= 0.6 is 0 Å². The Morgan fingerprint density at radius 3 is 2.24 bits per heavy atom. The molecular formula is C16H15F3N2O3S. The summed E-state index contributed by atoms with van der Waals surface area (Å²) >= 11 is 0. The van der Waals surface area contributed by atoms with Gasteiger partial charge in [0.2, 0.25) is 15.9 Å². The topological polar surface area (TPSA) is 75.3 Å². The highest BCUT2D eigenvalue weighted by atomic mass is 32.2. The van der Waals surface area contributed by atoms with E-state index in [9.17, 15) is 26.4 Å². The zero-order valence-electron chi connectivity index (χ0n) is 13.1. The third-order valence-electron chi connectivity index (χ3n) is 3.26. The molecule has 2 rings (SSSR count). The maximum absolute atomic E-state index is 12.9. The smallest absolute Gasteiger partial charge is 0.324 e. The molecule has 0 radical (unpaired) electrons. The van der Waals surface area contributed by atoms with Gasteiger partial charge >= 0.3 is 6.18 Å². The standard InChI is InChI=1S/C16H15F3N2O3S/c1-11-6-8-12(9-7-11)25(23,24)20-10-15(22)21-14-5-3-2-4-13(14)16(17,18)19/h2-9,20H,10H2,1H3,(H,21,22). The van der Waals surface area contributed by atoms with E-state index in [0.29, 0.717) is 0 Å². The first kappa shape index (κ1) is 18.9. The van der Waals surface area contributed by atoms with E-state index < -0.39 is 39.9 Å². The van der Waals surface area contributed by atoms with Crippen LogP contribution < -0.4 is 10.0 Å². The van der Waals surface area contributed by atoms with Crippen LogP contribution in [0.5, 0.6) is 0 Å². The number of para-hydroxylation sites is 1. The highest BCUT2D eigenvalue weighted by Gasteiger charge is 2.33. The number of rotatable bonds is 5. The second-order valence-electron chi connectivity index (χ2n) is 5.23. The Labute approximate surface area is 142 Å². The van der Waals surface area contributed by atoms with E-state index in [0.717, 1.165) is 17.7 Å². The van der Waals surface area contributed by atoms with Crippen molar-refractivity contribution in [3.8, 4) is 0 Å². The van der Waals surface area contributed by atoms with E-state index in [1.165, 1.54) is 24.3 Å². The van der Waals surface area contributed by atoms with E-state index in [2.05, 4.69) is 10.0 Å². The fourth-order valence-corrected chi connectivity index (χ4v) is 2.98. The molecule has 0 aliphatic rings. The Hall–Kier alpha value is -2.39. The summed E-state index contributed by atoms with van der Waals surface area (Å²) in [6, 6.07) is 10.4. The summed E-state index contributed by atoms with van der Waals surface area (Å²) in [5, 5.41) is 2.06. The minimum absolute atomic E-state index is 0.0402. The highest BCUT2D eigenvalue weighted by Crippen LogP contribution is 2.34. The van der Waals surface area contributed by atoms with Crippen LogP contribution in [0.2, 0.25) is 0 Å². The molecule has 2 N–H and O–H groups in total. The van der Waals surface area contributed by atoms with Gasteiger partial charge in [0.25, 0.3) is 0 Å². The molecule has 0 heterocycles. The second kappa shape index (κ2) is 7.24. The largest absolute Gasteiger partial charge is 0.418 e. The summed E-state index contributed by atoms with van der Waals surface area (Å²) in [5.41, 5.74) is -0.584. The molecule has 0 aliphatic carbocycles. The van der Waals surface area contributed by atoms with Crippen LogP contribution in [-0.2, 0) is 21.0 Å². The zero-order valence-corrected chi connectivity index (χ0v) is 13.9. The Morgan fingerprint density at radius 1 is 1.04 bits per heavy atom. The number of aryl methyl sites for hydroxylation is 1. The van der Waals surface area contributed by atoms with Crippen molar-refractivity contribution in [1.82, 2.24) is 4.72 Å². The number of benzene rings is 2. The number of hydrogen-bond acceptors (Lipinski definition) is 3. The van der Waals surface area contributed by atoms with Gasteiger partial charge in [0.15, 0.2) is 0 Å². The summed E-state index contributed by atoms with van der Waals surface area (Å²) in [6.45, 7) is 1.10. The van der Waals surface area contributed by atoms with E-state index in [1.807, 2.05) is 0 Å². The fraction of sp³-hybridized carbons (Fsp3) is 0.188. The lowest BCUT2D eigenvalue weighted by Gasteiger charge is -2.13. The van der Waals surface area contributed by atoms with E-state index >= 15 is 0 Å². The van der Waals surface area contributed by atoms with Gasteiger partial charge in [0, 0.05) is 0 Å². The highest BCUT2D eigenvalue weighted by molar-refractivity contribution is 7.89. The van der Waals surface area contributed by atoms with Crippen LogP contribution in [0, 0.1) is 6.92 Å². The molecule has 2 aromatic carbocycles. The summed E-state index contributed by atoms with van der Waals surface area (Å²) in [6.07, 6.45) is -4.63. The molecule has 0 aliphatic heterocycles. The van der Waals surface area contributed by atoms with Crippen LogP contribution in [-0.4, -0.2) is 20.9 Å². The zero-order chi connectivity index (χ0) is 18.7. The molecule has 0 atom stereocenters. The predicted octanol–water partition coefficient (Wildman–Crippen LogP) is 2.93. The first-order valence-electron chi connectivity index (χ1n) is 7.12. The molecule has 9 heteroatoms. The predicted molar refractivity (Wildman–Crippen MR) is 86.4 cm³/mol. The molecule has 0 aromatic heterocycles. The van der Waals surface area contributed by atoms with Gasteiger partial charge in [-0.15, -0.1) is 0 Å². The first-order chi connectivity index (χ1) is 11.6. The molecule has 0 saturated heterocycles. The average molecular weight is 372 g/mol. The normalized spacial score (nSPS) is 12.0. The van der Waals surface area contributed by atoms with Crippen LogP contribution in [0.3, 0.4) is 0 Å².